The summed E-state index contributed by atoms with van der Waals surface area (Å²) in [5, 5.41) is 11.6. The average molecular weight is 344 g/mol. The third-order valence-electron chi connectivity index (χ3n) is 2.98. The van der Waals surface area contributed by atoms with Crippen LogP contribution in [0.1, 0.15) is 13.8 Å². The first kappa shape index (κ1) is 18.8. The SMILES string of the molecule is COc1cc(NC(=O)C(C(=O)O)C(C)C)ccc1NS(C)(=O)=O. The summed E-state index contributed by atoms with van der Waals surface area (Å²) in [4.78, 5) is 23.2. The van der Waals surface area contributed by atoms with Crippen LogP contribution in [-0.4, -0.2) is 38.8 Å². The van der Waals surface area contributed by atoms with Crippen molar-refractivity contribution in [3.05, 3.63) is 18.2 Å². The molecular weight excluding hydrogens is 324 g/mol. The Balaban J connectivity index is 3.02. The molecule has 0 spiro atoms. The number of nitrogens with one attached hydrogen (secondary N) is 2. The number of methoxy groups -OCH3 is 1. The monoisotopic (exact) mass is 344 g/mol. The minimum Gasteiger partial charge on any atom is -0.494 e. The minimum absolute atomic E-state index is 0.199. The number of ether oxygens (including phenoxy) is 1. The molecule has 0 aliphatic heterocycles. The molecule has 0 aliphatic rings. The summed E-state index contributed by atoms with van der Waals surface area (Å²) < 4.78 is 29.9. The molecule has 0 heterocycles. The molecule has 8 nitrogen and oxygen atoms in total. The molecule has 1 rings (SSSR count). The molecule has 0 radical (unpaired) electrons. The zero-order valence-electron chi connectivity index (χ0n) is 13.3. The number of anilines is 2. The van der Waals surface area contributed by atoms with Gasteiger partial charge in [-0.2, -0.15) is 0 Å². The predicted octanol–water partition coefficient (Wildman–Crippen LogP) is 1.36. The quantitative estimate of drug-likeness (QED) is 0.642. The summed E-state index contributed by atoms with van der Waals surface area (Å²) >= 11 is 0. The molecule has 0 saturated carbocycles. The van der Waals surface area contributed by atoms with Crippen molar-refractivity contribution in [2.75, 3.05) is 23.4 Å². The normalized spacial score (nSPS) is 12.6. The van der Waals surface area contributed by atoms with E-state index in [0.29, 0.717) is 5.69 Å². The largest absolute Gasteiger partial charge is 0.494 e. The first-order valence-electron chi connectivity index (χ1n) is 6.74. The van der Waals surface area contributed by atoms with Gasteiger partial charge in [0.2, 0.25) is 15.9 Å². The molecule has 1 aromatic rings. The van der Waals surface area contributed by atoms with Gasteiger partial charge in [0, 0.05) is 11.8 Å². The topological polar surface area (TPSA) is 122 Å². The van der Waals surface area contributed by atoms with Crippen molar-refractivity contribution >= 4 is 33.3 Å². The number of benzene rings is 1. The van der Waals surface area contributed by atoms with E-state index in [1.807, 2.05) is 0 Å². The lowest BCUT2D eigenvalue weighted by Crippen LogP contribution is -2.33. The fourth-order valence-corrected chi connectivity index (χ4v) is 2.54. The molecule has 3 N–H and O–H groups in total. The Labute approximate surface area is 134 Å². The van der Waals surface area contributed by atoms with Gasteiger partial charge in [-0.1, -0.05) is 13.8 Å². The summed E-state index contributed by atoms with van der Waals surface area (Å²) in [7, 11) is -2.13. The number of amides is 1. The number of sulfonamides is 1. The molecule has 128 valence electrons. The van der Waals surface area contributed by atoms with Gasteiger partial charge in [0.05, 0.1) is 19.1 Å². The van der Waals surface area contributed by atoms with Gasteiger partial charge in [-0.15, -0.1) is 0 Å². The van der Waals surface area contributed by atoms with E-state index in [4.69, 9.17) is 9.84 Å². The zero-order valence-corrected chi connectivity index (χ0v) is 14.1. The molecule has 1 aromatic carbocycles. The number of carbonyl (C=O) groups excluding carboxylic acids is 1. The van der Waals surface area contributed by atoms with Crippen molar-refractivity contribution in [2.24, 2.45) is 11.8 Å². The third kappa shape index (κ3) is 5.44. The van der Waals surface area contributed by atoms with Gasteiger partial charge in [0.1, 0.15) is 11.7 Å². The second-order valence-corrected chi connectivity index (χ2v) is 7.09. The lowest BCUT2D eigenvalue weighted by atomic mass is 9.95. The van der Waals surface area contributed by atoms with Gasteiger partial charge in [-0.25, -0.2) is 8.42 Å². The van der Waals surface area contributed by atoms with Gasteiger partial charge in [-0.05, 0) is 18.1 Å². The van der Waals surface area contributed by atoms with E-state index >= 15 is 0 Å². The summed E-state index contributed by atoms with van der Waals surface area (Å²) in [6.07, 6.45) is 1.00. The van der Waals surface area contributed by atoms with Gasteiger partial charge in [-0.3, -0.25) is 14.3 Å². The van der Waals surface area contributed by atoms with Crippen molar-refractivity contribution in [3.8, 4) is 5.75 Å². The number of aliphatic carboxylic acids is 1. The molecule has 9 heteroatoms. The van der Waals surface area contributed by atoms with Gasteiger partial charge in [0.25, 0.3) is 0 Å². The molecule has 0 aliphatic carbocycles. The molecule has 1 unspecified atom stereocenters. The van der Waals surface area contributed by atoms with Crippen LogP contribution in [0.2, 0.25) is 0 Å². The lowest BCUT2D eigenvalue weighted by Gasteiger charge is -2.17. The molecule has 23 heavy (non-hydrogen) atoms. The van der Waals surface area contributed by atoms with Gasteiger partial charge < -0.3 is 15.2 Å². The zero-order chi connectivity index (χ0) is 17.8. The highest BCUT2D eigenvalue weighted by Gasteiger charge is 2.29. The standard InChI is InChI=1S/C14H20N2O6S/c1-8(2)12(14(18)19)13(17)15-9-5-6-10(11(7-9)22-3)16-23(4,20)21/h5-8,12,16H,1-4H3,(H,15,17)(H,18,19). The highest BCUT2D eigenvalue weighted by molar-refractivity contribution is 7.92. The van der Waals surface area contributed by atoms with Crippen LogP contribution in [0.5, 0.6) is 5.75 Å². The van der Waals surface area contributed by atoms with Crippen LogP contribution in [0.3, 0.4) is 0 Å². The summed E-state index contributed by atoms with van der Waals surface area (Å²) in [6, 6.07) is 4.28. The first-order valence-corrected chi connectivity index (χ1v) is 8.63. The average Bonchev–Trinajstić information content (AvgIpc) is 2.37. The van der Waals surface area contributed by atoms with Gasteiger partial charge in [0.15, 0.2) is 0 Å². The molecule has 0 bridgehead atoms. The maximum Gasteiger partial charge on any atom is 0.316 e. The van der Waals surface area contributed by atoms with Crippen LogP contribution < -0.4 is 14.8 Å². The van der Waals surface area contributed by atoms with E-state index in [-0.39, 0.29) is 17.4 Å². The van der Waals surface area contributed by atoms with E-state index in [9.17, 15) is 18.0 Å². The Bertz CT molecular complexity index is 699. The van der Waals surface area contributed by atoms with Crippen molar-refractivity contribution in [1.82, 2.24) is 0 Å². The second kappa shape index (κ2) is 7.32. The Morgan fingerprint density at radius 3 is 2.30 bits per heavy atom. The van der Waals surface area contributed by atoms with Crippen LogP contribution >= 0.6 is 0 Å². The van der Waals surface area contributed by atoms with Crippen molar-refractivity contribution in [3.63, 3.8) is 0 Å². The highest BCUT2D eigenvalue weighted by atomic mass is 32.2. The number of hydrogen-bond donors (Lipinski definition) is 3. The number of carboxylic acids is 1. The second-order valence-electron chi connectivity index (χ2n) is 5.34. The molecule has 0 saturated heterocycles. The van der Waals surface area contributed by atoms with Crippen LogP contribution in [0.15, 0.2) is 18.2 Å². The lowest BCUT2D eigenvalue weighted by molar-refractivity contribution is -0.147. The fraction of sp³-hybridized carbons (Fsp3) is 0.429. The number of hydrogen-bond acceptors (Lipinski definition) is 5. The smallest absolute Gasteiger partial charge is 0.316 e. The Morgan fingerprint density at radius 2 is 1.87 bits per heavy atom. The van der Waals surface area contributed by atoms with E-state index < -0.39 is 27.8 Å². The molecule has 1 amide bonds. The third-order valence-corrected chi connectivity index (χ3v) is 3.57. The van der Waals surface area contributed by atoms with Crippen molar-refractivity contribution in [1.29, 1.82) is 0 Å². The minimum atomic E-state index is -3.48. The van der Waals surface area contributed by atoms with Crippen molar-refractivity contribution in [2.45, 2.75) is 13.8 Å². The number of carboxylic acid groups (broad SMARTS) is 1. The van der Waals surface area contributed by atoms with Crippen LogP contribution in [0.4, 0.5) is 11.4 Å². The highest BCUT2D eigenvalue weighted by Crippen LogP contribution is 2.29. The summed E-state index contributed by atoms with van der Waals surface area (Å²) in [6.45, 7) is 3.27. The number of rotatable bonds is 7. The fourth-order valence-electron chi connectivity index (χ4n) is 1.97. The molecule has 1 atom stereocenters. The van der Waals surface area contributed by atoms with Crippen LogP contribution in [0, 0.1) is 11.8 Å². The van der Waals surface area contributed by atoms with E-state index in [0.717, 1.165) is 6.26 Å². The molecule has 0 fully saturated rings. The van der Waals surface area contributed by atoms with E-state index in [1.54, 1.807) is 13.8 Å². The number of carbonyl (C=O) groups is 2. The van der Waals surface area contributed by atoms with E-state index in [1.165, 1.54) is 25.3 Å². The molecule has 0 aromatic heterocycles. The van der Waals surface area contributed by atoms with Crippen LogP contribution in [-0.2, 0) is 19.6 Å². The van der Waals surface area contributed by atoms with Crippen LogP contribution in [0.25, 0.3) is 0 Å². The Hall–Kier alpha value is -2.29. The summed E-state index contributed by atoms with van der Waals surface area (Å²) in [5.74, 6) is -3.22. The first-order chi connectivity index (χ1) is 10.5. The Kier molecular flexibility index (Phi) is 5.97. The van der Waals surface area contributed by atoms with E-state index in [2.05, 4.69) is 10.0 Å². The maximum absolute atomic E-state index is 12.1. The maximum atomic E-state index is 12.1. The van der Waals surface area contributed by atoms with Gasteiger partial charge >= 0.3 is 5.97 Å². The summed E-state index contributed by atoms with van der Waals surface area (Å²) in [5.41, 5.74) is 0.518. The van der Waals surface area contributed by atoms with Crippen molar-refractivity contribution < 1.29 is 27.9 Å². The Morgan fingerprint density at radius 1 is 1.26 bits per heavy atom. The molecular formula is C14H20N2O6S. The predicted molar refractivity (Wildman–Crippen MR) is 86.1 cm³/mol.